The predicted molar refractivity (Wildman–Crippen MR) is 99.1 cm³/mol. The van der Waals surface area contributed by atoms with E-state index in [1.807, 2.05) is 6.92 Å². The second-order valence-corrected chi connectivity index (χ2v) is 8.15. The maximum absolute atomic E-state index is 12.6. The zero-order valence-electron chi connectivity index (χ0n) is 14.8. The van der Waals surface area contributed by atoms with Crippen LogP contribution in [0.25, 0.3) is 21.5 Å². The Morgan fingerprint density at radius 2 is 1.38 bits per heavy atom. The summed E-state index contributed by atoms with van der Waals surface area (Å²) in [6.07, 6.45) is 0.592. The number of rotatable bonds is 4. The summed E-state index contributed by atoms with van der Waals surface area (Å²) in [5, 5.41) is 1.33. The topological polar surface area (TPSA) is 83.5 Å². The number of fused-ring (bicyclic) bond motifs is 2. The minimum Gasteiger partial charge on any atom is -0.744 e. The smallest absolute Gasteiger partial charge is 0.316 e. The molecule has 0 saturated heterocycles. The van der Waals surface area contributed by atoms with Gasteiger partial charge in [-0.1, -0.05) is 55.5 Å². The summed E-state index contributed by atoms with van der Waals surface area (Å²) in [7, 11) is -4.72. The number of carbonyl (C=O) groups is 1. The van der Waals surface area contributed by atoms with Gasteiger partial charge in [0, 0.05) is 21.5 Å². The molecular formula is C20H19O5S-. The highest BCUT2D eigenvalue weighted by atomic mass is 32.2. The average molecular weight is 371 g/mol. The number of hydrogen-bond donors (Lipinski definition) is 0. The van der Waals surface area contributed by atoms with Gasteiger partial charge in [-0.25, -0.2) is 8.42 Å². The highest BCUT2D eigenvalue weighted by Gasteiger charge is 2.29. The average Bonchev–Trinajstić information content (AvgIpc) is 2.60. The van der Waals surface area contributed by atoms with Crippen LogP contribution in [0.4, 0.5) is 0 Å². The third-order valence-electron chi connectivity index (χ3n) is 4.71. The Hall–Kier alpha value is -2.44. The van der Waals surface area contributed by atoms with E-state index in [9.17, 15) is 17.8 Å². The van der Waals surface area contributed by atoms with E-state index < -0.39 is 21.5 Å². The summed E-state index contributed by atoms with van der Waals surface area (Å²) in [5.74, 6) is -0.136. The lowest BCUT2D eigenvalue weighted by Crippen LogP contribution is -2.28. The van der Waals surface area contributed by atoms with Crippen LogP contribution in [0.5, 0.6) is 5.75 Å². The van der Waals surface area contributed by atoms with Crippen LogP contribution in [0, 0.1) is 5.41 Å². The van der Waals surface area contributed by atoms with Crippen molar-refractivity contribution < 1.29 is 22.5 Å². The number of esters is 1. The van der Waals surface area contributed by atoms with Crippen molar-refractivity contribution in [3.8, 4) is 5.75 Å². The van der Waals surface area contributed by atoms with Crippen LogP contribution >= 0.6 is 0 Å². The van der Waals surface area contributed by atoms with Gasteiger partial charge in [0.05, 0.1) is 10.3 Å². The van der Waals surface area contributed by atoms with Crippen molar-refractivity contribution in [2.75, 3.05) is 0 Å². The Morgan fingerprint density at radius 3 is 1.77 bits per heavy atom. The number of ether oxygens (including phenoxy) is 1. The molecule has 0 unspecified atom stereocenters. The van der Waals surface area contributed by atoms with Crippen LogP contribution in [0.2, 0.25) is 0 Å². The molecule has 0 fully saturated rings. The molecule has 0 aliphatic heterocycles. The van der Waals surface area contributed by atoms with Crippen molar-refractivity contribution in [3.63, 3.8) is 0 Å². The Kier molecular flexibility index (Phi) is 4.50. The Morgan fingerprint density at radius 1 is 0.962 bits per heavy atom. The van der Waals surface area contributed by atoms with E-state index >= 15 is 0 Å². The molecule has 0 bridgehead atoms. The van der Waals surface area contributed by atoms with Gasteiger partial charge in [-0.2, -0.15) is 0 Å². The van der Waals surface area contributed by atoms with Gasteiger partial charge < -0.3 is 9.29 Å². The molecule has 0 amide bonds. The van der Waals surface area contributed by atoms with E-state index in [-0.39, 0.29) is 21.4 Å². The molecule has 0 radical (unpaired) electrons. The number of benzene rings is 3. The molecule has 3 aromatic rings. The zero-order chi connectivity index (χ0) is 19.1. The molecule has 0 aliphatic rings. The molecule has 0 atom stereocenters. The van der Waals surface area contributed by atoms with Crippen molar-refractivity contribution in [1.29, 1.82) is 0 Å². The SMILES string of the molecule is CCC(C)(C)C(=O)Oc1c2ccccc2c(S(=O)(=O)[O-])c2ccccc12. The first-order chi connectivity index (χ1) is 12.2. The van der Waals surface area contributed by atoms with Crippen LogP contribution in [0.1, 0.15) is 27.2 Å². The number of hydrogen-bond acceptors (Lipinski definition) is 5. The second kappa shape index (κ2) is 6.37. The van der Waals surface area contributed by atoms with Crippen molar-refractivity contribution in [3.05, 3.63) is 48.5 Å². The predicted octanol–water partition coefficient (Wildman–Crippen LogP) is 4.24. The summed E-state index contributed by atoms with van der Waals surface area (Å²) >= 11 is 0. The molecule has 26 heavy (non-hydrogen) atoms. The summed E-state index contributed by atoms with van der Waals surface area (Å²) in [6.45, 7) is 5.47. The van der Waals surface area contributed by atoms with Gasteiger partial charge in [0.25, 0.3) is 0 Å². The van der Waals surface area contributed by atoms with Crippen molar-refractivity contribution in [2.45, 2.75) is 32.1 Å². The molecule has 136 valence electrons. The Balaban J connectivity index is 2.42. The molecule has 0 N–H and O–H groups in total. The van der Waals surface area contributed by atoms with Crippen molar-refractivity contribution >= 4 is 37.6 Å². The van der Waals surface area contributed by atoms with Crippen LogP contribution in [0.3, 0.4) is 0 Å². The largest absolute Gasteiger partial charge is 0.744 e. The van der Waals surface area contributed by atoms with E-state index in [0.29, 0.717) is 17.2 Å². The van der Waals surface area contributed by atoms with E-state index in [4.69, 9.17) is 4.74 Å². The summed E-state index contributed by atoms with van der Waals surface area (Å²) < 4.78 is 41.5. The van der Waals surface area contributed by atoms with Gasteiger partial charge in [0.15, 0.2) is 0 Å². The van der Waals surface area contributed by atoms with Gasteiger partial charge in [-0.05, 0) is 20.3 Å². The number of carbonyl (C=O) groups excluding carboxylic acids is 1. The summed E-state index contributed by atoms with van der Waals surface area (Å²) in [5.41, 5.74) is -0.689. The summed E-state index contributed by atoms with van der Waals surface area (Å²) in [6, 6.07) is 13.1. The minimum atomic E-state index is -4.72. The van der Waals surface area contributed by atoms with E-state index in [2.05, 4.69) is 0 Å². The van der Waals surface area contributed by atoms with Crippen LogP contribution in [-0.4, -0.2) is 18.9 Å². The molecule has 5 nitrogen and oxygen atoms in total. The molecule has 3 aromatic carbocycles. The highest BCUT2D eigenvalue weighted by Crippen LogP contribution is 2.41. The Labute approximate surface area is 152 Å². The van der Waals surface area contributed by atoms with Gasteiger partial charge in [0.1, 0.15) is 15.9 Å². The van der Waals surface area contributed by atoms with E-state index in [0.717, 1.165) is 0 Å². The van der Waals surface area contributed by atoms with Crippen molar-refractivity contribution in [2.24, 2.45) is 5.41 Å². The maximum Gasteiger partial charge on any atom is 0.316 e. The molecule has 0 saturated carbocycles. The molecular weight excluding hydrogens is 352 g/mol. The van der Waals surface area contributed by atoms with Gasteiger partial charge in [-0.3, -0.25) is 4.79 Å². The van der Waals surface area contributed by atoms with Crippen molar-refractivity contribution in [1.82, 2.24) is 0 Å². The third-order valence-corrected chi connectivity index (χ3v) is 5.65. The van der Waals surface area contributed by atoms with Crippen LogP contribution < -0.4 is 4.74 Å². The second-order valence-electron chi connectivity index (χ2n) is 6.83. The first-order valence-electron chi connectivity index (χ1n) is 8.28. The first kappa shape index (κ1) is 18.4. The molecule has 6 heteroatoms. The standard InChI is InChI=1S/C20H20O5S/c1-4-20(2,3)19(21)25-17-13-9-5-7-11-15(13)18(26(22,23)24)16-12-8-6-10-14(16)17/h5-12H,4H2,1-3H3,(H,22,23,24)/p-1. The lowest BCUT2D eigenvalue weighted by atomic mass is 9.90. The summed E-state index contributed by atoms with van der Waals surface area (Å²) in [4.78, 5) is 12.3. The van der Waals surface area contributed by atoms with Crippen LogP contribution in [0.15, 0.2) is 53.4 Å². The first-order valence-corrected chi connectivity index (χ1v) is 9.69. The van der Waals surface area contributed by atoms with Gasteiger partial charge >= 0.3 is 5.97 Å². The monoisotopic (exact) mass is 371 g/mol. The van der Waals surface area contributed by atoms with Gasteiger partial charge in [0.2, 0.25) is 0 Å². The third kappa shape index (κ3) is 3.06. The Bertz CT molecular complexity index is 1060. The van der Waals surface area contributed by atoms with E-state index in [1.165, 1.54) is 0 Å². The van der Waals surface area contributed by atoms with Gasteiger partial charge in [-0.15, -0.1) is 0 Å². The molecule has 0 aromatic heterocycles. The highest BCUT2D eigenvalue weighted by molar-refractivity contribution is 7.86. The fraction of sp³-hybridized carbons (Fsp3) is 0.250. The lowest BCUT2D eigenvalue weighted by molar-refractivity contribution is -0.143. The van der Waals surface area contributed by atoms with E-state index in [1.54, 1.807) is 62.4 Å². The zero-order valence-corrected chi connectivity index (χ0v) is 15.6. The molecule has 0 spiro atoms. The van der Waals surface area contributed by atoms with Crippen LogP contribution in [-0.2, 0) is 14.9 Å². The maximum atomic E-state index is 12.6. The quantitative estimate of drug-likeness (QED) is 0.296. The fourth-order valence-corrected chi connectivity index (χ4v) is 3.70. The lowest BCUT2D eigenvalue weighted by Gasteiger charge is -2.23. The normalized spacial score (nSPS) is 12.5. The minimum absolute atomic E-state index is 0.248. The molecule has 0 aliphatic carbocycles. The molecule has 3 rings (SSSR count). The molecule has 0 heterocycles. The fourth-order valence-electron chi connectivity index (χ4n) is 2.80.